The van der Waals surface area contributed by atoms with Gasteiger partial charge in [-0.05, 0) is 38.6 Å². The molecular weight excluding hydrogens is 190 g/mol. The lowest BCUT2D eigenvalue weighted by Gasteiger charge is -2.31. The highest BCUT2D eigenvalue weighted by atomic mass is 16.3. The molecule has 90 valence electrons. The Morgan fingerprint density at radius 2 is 1.87 bits per heavy atom. The highest BCUT2D eigenvalue weighted by Gasteiger charge is 2.32. The molecule has 15 heavy (non-hydrogen) atoms. The quantitative estimate of drug-likeness (QED) is 0.671. The van der Waals surface area contributed by atoms with E-state index in [0.29, 0.717) is 19.0 Å². The van der Waals surface area contributed by atoms with Crippen LogP contribution in [0.3, 0.4) is 0 Å². The number of likely N-dealkylation sites (N-methyl/N-ethyl adjacent to an activating group) is 1. The van der Waals surface area contributed by atoms with Crippen LogP contribution in [-0.4, -0.2) is 47.0 Å². The summed E-state index contributed by atoms with van der Waals surface area (Å²) >= 11 is 0. The van der Waals surface area contributed by atoms with Crippen molar-refractivity contribution in [1.29, 1.82) is 0 Å². The van der Waals surface area contributed by atoms with Crippen molar-refractivity contribution in [3.63, 3.8) is 0 Å². The molecule has 0 saturated heterocycles. The minimum atomic E-state index is -0.585. The third kappa shape index (κ3) is 4.09. The third-order valence-electron chi connectivity index (χ3n) is 3.55. The SMILES string of the molecule is CCC(O)(CC)CN(C)CC(O)C1CC1. The summed E-state index contributed by atoms with van der Waals surface area (Å²) in [4.78, 5) is 2.05. The van der Waals surface area contributed by atoms with Gasteiger partial charge in [-0.3, -0.25) is 0 Å². The van der Waals surface area contributed by atoms with Crippen molar-refractivity contribution in [3.8, 4) is 0 Å². The van der Waals surface area contributed by atoms with Gasteiger partial charge in [0.25, 0.3) is 0 Å². The minimum absolute atomic E-state index is 0.201. The van der Waals surface area contributed by atoms with Gasteiger partial charge in [0.15, 0.2) is 0 Å². The van der Waals surface area contributed by atoms with Crippen LogP contribution in [0, 0.1) is 5.92 Å². The van der Waals surface area contributed by atoms with Gasteiger partial charge in [0.1, 0.15) is 0 Å². The van der Waals surface area contributed by atoms with E-state index >= 15 is 0 Å². The van der Waals surface area contributed by atoms with E-state index in [4.69, 9.17) is 0 Å². The molecule has 0 heterocycles. The summed E-state index contributed by atoms with van der Waals surface area (Å²) < 4.78 is 0. The van der Waals surface area contributed by atoms with E-state index in [-0.39, 0.29) is 6.10 Å². The van der Waals surface area contributed by atoms with E-state index < -0.39 is 5.60 Å². The Kier molecular flexibility index (Phi) is 4.56. The van der Waals surface area contributed by atoms with E-state index in [1.54, 1.807) is 0 Å². The van der Waals surface area contributed by atoms with Crippen LogP contribution in [0.4, 0.5) is 0 Å². The summed E-state index contributed by atoms with van der Waals surface area (Å²) in [7, 11) is 1.97. The molecule has 1 saturated carbocycles. The van der Waals surface area contributed by atoms with Crippen molar-refractivity contribution < 1.29 is 10.2 Å². The Hall–Kier alpha value is -0.120. The third-order valence-corrected chi connectivity index (χ3v) is 3.55. The van der Waals surface area contributed by atoms with E-state index in [1.165, 1.54) is 12.8 Å². The van der Waals surface area contributed by atoms with Crippen LogP contribution < -0.4 is 0 Å². The zero-order valence-electron chi connectivity index (χ0n) is 10.2. The van der Waals surface area contributed by atoms with Crippen molar-refractivity contribution >= 4 is 0 Å². The maximum absolute atomic E-state index is 10.1. The molecule has 1 atom stereocenters. The minimum Gasteiger partial charge on any atom is -0.392 e. The van der Waals surface area contributed by atoms with Crippen LogP contribution in [-0.2, 0) is 0 Å². The van der Waals surface area contributed by atoms with Crippen LogP contribution in [0.15, 0.2) is 0 Å². The fourth-order valence-electron chi connectivity index (χ4n) is 1.99. The molecule has 1 rings (SSSR count). The predicted molar refractivity (Wildman–Crippen MR) is 61.8 cm³/mol. The molecule has 0 bridgehead atoms. The Morgan fingerprint density at radius 3 is 2.27 bits per heavy atom. The largest absolute Gasteiger partial charge is 0.392 e. The standard InChI is InChI=1S/C12H25NO2/c1-4-12(15,5-2)9-13(3)8-11(14)10-6-7-10/h10-11,14-15H,4-9H2,1-3H3. The number of hydrogen-bond donors (Lipinski definition) is 2. The molecular formula is C12H25NO2. The van der Waals surface area contributed by atoms with E-state index in [0.717, 1.165) is 12.8 Å². The first-order valence-corrected chi connectivity index (χ1v) is 6.09. The van der Waals surface area contributed by atoms with Gasteiger partial charge in [0.2, 0.25) is 0 Å². The molecule has 3 heteroatoms. The Bertz CT molecular complexity index is 188. The zero-order chi connectivity index (χ0) is 11.5. The summed E-state index contributed by atoms with van der Waals surface area (Å²) in [5.41, 5.74) is -0.585. The average molecular weight is 215 g/mol. The van der Waals surface area contributed by atoms with Crippen LogP contribution in [0.1, 0.15) is 39.5 Å². The number of rotatable bonds is 7. The van der Waals surface area contributed by atoms with Crippen molar-refractivity contribution in [1.82, 2.24) is 4.90 Å². The maximum Gasteiger partial charge on any atom is 0.0768 e. The summed E-state index contributed by atoms with van der Waals surface area (Å²) in [6.45, 7) is 5.36. The first-order valence-electron chi connectivity index (χ1n) is 6.09. The molecule has 0 radical (unpaired) electrons. The van der Waals surface area contributed by atoms with Gasteiger partial charge >= 0.3 is 0 Å². The summed E-state index contributed by atoms with van der Waals surface area (Å²) in [6.07, 6.45) is 3.68. The molecule has 3 nitrogen and oxygen atoms in total. The molecule has 0 amide bonds. The molecule has 0 aliphatic heterocycles. The van der Waals surface area contributed by atoms with Gasteiger partial charge in [0, 0.05) is 13.1 Å². The van der Waals surface area contributed by atoms with Crippen LogP contribution >= 0.6 is 0 Å². The van der Waals surface area contributed by atoms with Gasteiger partial charge in [0.05, 0.1) is 11.7 Å². The maximum atomic E-state index is 10.1. The molecule has 0 aromatic heterocycles. The predicted octanol–water partition coefficient (Wildman–Crippen LogP) is 1.24. The van der Waals surface area contributed by atoms with Crippen molar-refractivity contribution in [2.24, 2.45) is 5.92 Å². The number of nitrogens with zero attached hydrogens (tertiary/aromatic N) is 1. The molecule has 0 aromatic rings. The lowest BCUT2D eigenvalue weighted by molar-refractivity contribution is -0.00849. The van der Waals surface area contributed by atoms with Crippen LogP contribution in [0.25, 0.3) is 0 Å². The Labute approximate surface area is 93.1 Å². The highest BCUT2D eigenvalue weighted by molar-refractivity contribution is 4.85. The molecule has 1 aliphatic rings. The van der Waals surface area contributed by atoms with Gasteiger partial charge in [-0.2, -0.15) is 0 Å². The second-order valence-electron chi connectivity index (χ2n) is 5.03. The normalized spacial score (nSPS) is 19.6. The van der Waals surface area contributed by atoms with E-state index in [2.05, 4.69) is 4.90 Å². The van der Waals surface area contributed by atoms with Crippen molar-refractivity contribution in [3.05, 3.63) is 0 Å². The van der Waals surface area contributed by atoms with Crippen molar-refractivity contribution in [2.45, 2.75) is 51.2 Å². The number of hydrogen-bond acceptors (Lipinski definition) is 3. The fourth-order valence-corrected chi connectivity index (χ4v) is 1.99. The second-order valence-corrected chi connectivity index (χ2v) is 5.03. The molecule has 2 N–H and O–H groups in total. The molecule has 1 fully saturated rings. The Balaban J connectivity index is 2.29. The Morgan fingerprint density at radius 1 is 1.33 bits per heavy atom. The summed E-state index contributed by atoms with van der Waals surface area (Å²) in [5, 5.41) is 19.9. The fraction of sp³-hybridized carbons (Fsp3) is 1.00. The van der Waals surface area contributed by atoms with Crippen molar-refractivity contribution in [2.75, 3.05) is 20.1 Å². The van der Waals surface area contributed by atoms with Gasteiger partial charge in [-0.1, -0.05) is 13.8 Å². The molecule has 1 unspecified atom stereocenters. The smallest absolute Gasteiger partial charge is 0.0768 e. The van der Waals surface area contributed by atoms with Crippen LogP contribution in [0.5, 0.6) is 0 Å². The highest BCUT2D eigenvalue weighted by Crippen LogP contribution is 2.32. The zero-order valence-corrected chi connectivity index (χ0v) is 10.2. The summed E-state index contributed by atoms with van der Waals surface area (Å²) in [5.74, 6) is 0.517. The lowest BCUT2D eigenvalue weighted by Crippen LogP contribution is -2.43. The lowest BCUT2D eigenvalue weighted by atomic mass is 9.97. The van der Waals surface area contributed by atoms with E-state index in [9.17, 15) is 10.2 Å². The average Bonchev–Trinajstić information content (AvgIpc) is 3.00. The van der Waals surface area contributed by atoms with E-state index in [1.807, 2.05) is 20.9 Å². The number of aliphatic hydroxyl groups is 2. The monoisotopic (exact) mass is 215 g/mol. The van der Waals surface area contributed by atoms with Gasteiger partial charge < -0.3 is 15.1 Å². The van der Waals surface area contributed by atoms with Crippen LogP contribution in [0.2, 0.25) is 0 Å². The molecule has 0 aromatic carbocycles. The first-order chi connectivity index (χ1) is 7.00. The second kappa shape index (κ2) is 5.28. The molecule has 0 spiro atoms. The summed E-state index contributed by atoms with van der Waals surface area (Å²) in [6, 6.07) is 0. The first kappa shape index (κ1) is 12.9. The van der Waals surface area contributed by atoms with Gasteiger partial charge in [-0.25, -0.2) is 0 Å². The van der Waals surface area contributed by atoms with Gasteiger partial charge in [-0.15, -0.1) is 0 Å². The number of aliphatic hydroxyl groups excluding tert-OH is 1. The topological polar surface area (TPSA) is 43.7 Å². The molecule has 1 aliphatic carbocycles.